The fraction of sp³-hybridized carbons (Fsp3) is 0.0526. The largest absolute Gasteiger partial charge is 0.109 e. The Hall–Kier alpha value is -3.31. The first-order valence-electron chi connectivity index (χ1n) is 13.7. The van der Waals surface area contributed by atoms with Crippen molar-refractivity contribution in [1.29, 1.82) is 0 Å². The number of hydrogen-bond donors (Lipinski definition) is 0. The zero-order valence-corrected chi connectivity index (χ0v) is 26.4. The zero-order valence-electron chi connectivity index (χ0n) is 23.5. The number of hydrogen-bond acceptors (Lipinski definition) is 0. The van der Waals surface area contributed by atoms with E-state index in [0.29, 0.717) is 0 Å². The van der Waals surface area contributed by atoms with Crippen LogP contribution in [0.15, 0.2) is 182 Å². The molecule has 0 saturated heterocycles. The van der Waals surface area contributed by atoms with Crippen LogP contribution in [0, 0.1) is 0 Å². The predicted octanol–water partition coefficient (Wildman–Crippen LogP) is 7.22. The van der Waals surface area contributed by atoms with Gasteiger partial charge in [0, 0.05) is 16.8 Å². The van der Waals surface area contributed by atoms with Crippen molar-refractivity contribution in [1.82, 2.24) is 0 Å². The smallest absolute Gasteiger partial charge is 0.0620 e. The minimum Gasteiger partial charge on any atom is -0.0620 e. The molecule has 6 aromatic carbocycles. The molecular weight excluding hydrogens is 577 g/mol. The Morgan fingerprint density at radius 3 is 0.488 bits per heavy atom. The minimum atomic E-state index is -1.53. The monoisotopic (exact) mass is 613 g/mol. The Kier molecular flexibility index (Phi) is 10.9. The number of benzene rings is 6. The maximum atomic E-state index is 2.41. The molecule has 0 saturated carbocycles. The fourth-order valence-corrected chi connectivity index (χ4v) is 11.7. The maximum absolute atomic E-state index is 2.41. The molecule has 6 aromatic rings. The summed E-state index contributed by atoms with van der Waals surface area (Å²) in [5, 5.41) is 8.57. The van der Waals surface area contributed by atoms with Crippen molar-refractivity contribution in [2.24, 2.45) is 0 Å². The fourth-order valence-electron chi connectivity index (χ4n) is 5.25. The number of rotatable bonds is 6. The van der Waals surface area contributed by atoms with Gasteiger partial charge >= 0.3 is 0 Å². The second-order valence-corrected chi connectivity index (χ2v) is 17.1. The zero-order chi connectivity index (χ0) is 27.7. The van der Waals surface area contributed by atoms with E-state index >= 15 is 0 Å². The van der Waals surface area contributed by atoms with Gasteiger partial charge in [0.15, 0.2) is 0 Å². The summed E-state index contributed by atoms with van der Waals surface area (Å²) in [5.74, 6) is 0. The molecule has 0 amide bonds. The minimum absolute atomic E-state index is 0. The Balaban J connectivity index is 0.000000184. The summed E-state index contributed by atoms with van der Waals surface area (Å²) < 4.78 is 0. The molecule has 0 spiro atoms. The van der Waals surface area contributed by atoms with Gasteiger partial charge in [-0.05, 0) is 72.8 Å². The molecule has 0 bridgehead atoms. The van der Waals surface area contributed by atoms with Gasteiger partial charge in [-0.3, -0.25) is 0 Å². The van der Waals surface area contributed by atoms with E-state index in [9.17, 15) is 0 Å². The van der Waals surface area contributed by atoms with Gasteiger partial charge in [0.25, 0.3) is 0 Å². The molecule has 41 heavy (non-hydrogen) atoms. The molecule has 0 aliphatic carbocycles. The van der Waals surface area contributed by atoms with E-state index in [1.54, 1.807) is 0 Å². The Morgan fingerprint density at radius 1 is 0.244 bits per heavy atom. The van der Waals surface area contributed by atoms with Gasteiger partial charge in [-0.25, -0.2) is 0 Å². The second-order valence-electron chi connectivity index (χ2n) is 10.0. The predicted molar refractivity (Wildman–Crippen MR) is 182 cm³/mol. The Labute approximate surface area is 257 Å². The Bertz CT molecular complexity index is 1260. The van der Waals surface area contributed by atoms with Gasteiger partial charge in [-0.1, -0.05) is 109 Å². The van der Waals surface area contributed by atoms with Crippen LogP contribution in [0.25, 0.3) is 0 Å². The molecule has 0 N–H and O–H groups in total. The Morgan fingerprint density at radius 2 is 0.366 bits per heavy atom. The van der Waals surface area contributed by atoms with Crippen molar-refractivity contribution < 1.29 is 16.8 Å². The summed E-state index contributed by atoms with van der Waals surface area (Å²) >= 11 is 0. The van der Waals surface area contributed by atoms with Gasteiger partial charge in [-0.2, -0.15) is 0 Å². The van der Waals surface area contributed by atoms with E-state index < -0.39 is 14.5 Å². The molecule has 3 heteroatoms. The van der Waals surface area contributed by atoms with Crippen LogP contribution in [-0.4, -0.2) is 13.3 Å². The van der Waals surface area contributed by atoms with Crippen LogP contribution in [0.3, 0.4) is 0 Å². The molecule has 0 atom stereocenters. The average molecular weight is 614 g/mol. The topological polar surface area (TPSA) is 0 Å². The molecule has 0 aromatic heterocycles. The van der Waals surface area contributed by atoms with Gasteiger partial charge < -0.3 is 0 Å². The van der Waals surface area contributed by atoms with Crippen LogP contribution in [0.2, 0.25) is 0 Å². The van der Waals surface area contributed by atoms with Gasteiger partial charge in [0.2, 0.25) is 0 Å². The third kappa shape index (κ3) is 6.78. The second kappa shape index (κ2) is 14.5. The third-order valence-electron chi connectivity index (χ3n) is 7.64. The van der Waals surface area contributed by atoms with E-state index in [1.807, 2.05) is 0 Å². The van der Waals surface area contributed by atoms with Crippen molar-refractivity contribution in [3.8, 4) is 0 Å². The van der Waals surface area contributed by atoms with Crippen LogP contribution in [0.5, 0.6) is 0 Å². The molecule has 1 radical (unpaired) electrons. The first-order chi connectivity index (χ1) is 19.6. The van der Waals surface area contributed by atoms with E-state index in [2.05, 4.69) is 195 Å². The summed E-state index contributed by atoms with van der Waals surface area (Å²) in [6.07, 6.45) is 0. The van der Waals surface area contributed by atoms with Crippen molar-refractivity contribution in [2.75, 3.05) is 13.3 Å². The van der Waals surface area contributed by atoms with Gasteiger partial charge in [0.1, 0.15) is 46.4 Å². The maximum Gasteiger partial charge on any atom is 0.109 e. The van der Waals surface area contributed by atoms with Crippen molar-refractivity contribution >= 4 is 46.4 Å². The molecule has 0 heterocycles. The molecule has 205 valence electrons. The van der Waals surface area contributed by atoms with Crippen LogP contribution in [0.4, 0.5) is 0 Å². The van der Waals surface area contributed by atoms with Crippen molar-refractivity contribution in [3.63, 3.8) is 0 Å². The van der Waals surface area contributed by atoms with Gasteiger partial charge in [0.05, 0.1) is 13.3 Å². The van der Waals surface area contributed by atoms with E-state index in [-0.39, 0.29) is 16.8 Å². The quantitative estimate of drug-likeness (QED) is 0.174. The molecule has 0 fully saturated rings. The standard InChI is InChI=1S/2C19H18P.Co/c2*1-20(17-11-5-2-6-12-17,18-13-7-3-8-14-18)19-15-9-4-10-16-19;/h2*2-16H,1H3;/q2*+1;. The first-order valence-corrected chi connectivity index (χ1v) is 18.2. The summed E-state index contributed by atoms with van der Waals surface area (Å²) in [7, 11) is -3.05. The van der Waals surface area contributed by atoms with Gasteiger partial charge in [-0.15, -0.1) is 0 Å². The van der Waals surface area contributed by atoms with Crippen molar-refractivity contribution in [3.05, 3.63) is 182 Å². The van der Waals surface area contributed by atoms with Crippen LogP contribution in [0.1, 0.15) is 0 Å². The third-order valence-corrected chi connectivity index (χ3v) is 15.6. The van der Waals surface area contributed by atoms with E-state index in [0.717, 1.165) is 0 Å². The molecule has 6 rings (SSSR count). The van der Waals surface area contributed by atoms with Crippen LogP contribution >= 0.6 is 14.5 Å². The van der Waals surface area contributed by atoms with Crippen LogP contribution in [-0.2, 0) is 16.8 Å². The van der Waals surface area contributed by atoms with Crippen LogP contribution < -0.4 is 31.8 Å². The summed E-state index contributed by atoms with van der Waals surface area (Å²) in [5.41, 5.74) is 0. The normalized spacial score (nSPS) is 11.0. The molecular formula is C38H36CoP2+2. The average Bonchev–Trinajstić information content (AvgIpc) is 3.07. The molecule has 0 unspecified atom stereocenters. The molecule has 0 aliphatic heterocycles. The SMILES string of the molecule is C[P+](c1ccccc1)(c1ccccc1)c1ccccc1.C[P+](c1ccccc1)(c1ccccc1)c1ccccc1.[Co]. The first kappa shape index (κ1) is 30.6. The summed E-state index contributed by atoms with van der Waals surface area (Å²) in [6.45, 7) is 4.82. The molecule has 0 aliphatic rings. The molecule has 0 nitrogen and oxygen atoms in total. The van der Waals surface area contributed by atoms with E-state index in [4.69, 9.17) is 0 Å². The summed E-state index contributed by atoms with van der Waals surface area (Å²) in [4.78, 5) is 0. The van der Waals surface area contributed by atoms with E-state index in [1.165, 1.54) is 31.8 Å². The van der Waals surface area contributed by atoms with Crippen molar-refractivity contribution in [2.45, 2.75) is 0 Å². The summed E-state index contributed by atoms with van der Waals surface area (Å²) in [6, 6.07) is 65.3.